The minimum Gasteiger partial charge on any atom is -0.306 e. The first-order valence-corrected chi connectivity index (χ1v) is 7.61. The van der Waals surface area contributed by atoms with Gasteiger partial charge in [0.05, 0.1) is 0 Å². The SMILES string of the molecule is Cc1cc(Br)cnc1NC(=O)c1ccc(C(C)(C)C)cc1. The molecular weight excluding hydrogens is 328 g/mol. The lowest BCUT2D eigenvalue weighted by Crippen LogP contribution is -2.15. The molecule has 1 N–H and O–H groups in total. The Morgan fingerprint density at radius 1 is 1.19 bits per heavy atom. The van der Waals surface area contributed by atoms with Crippen molar-refractivity contribution in [3.8, 4) is 0 Å². The Balaban J connectivity index is 2.17. The molecule has 1 heterocycles. The fourth-order valence-corrected chi connectivity index (χ4v) is 2.42. The van der Waals surface area contributed by atoms with Crippen molar-refractivity contribution in [2.24, 2.45) is 0 Å². The molecule has 1 aromatic carbocycles. The quantitative estimate of drug-likeness (QED) is 0.855. The second-order valence-corrected chi connectivity index (χ2v) is 7.02. The van der Waals surface area contributed by atoms with E-state index in [0.29, 0.717) is 11.4 Å². The van der Waals surface area contributed by atoms with Crippen LogP contribution in [-0.4, -0.2) is 10.9 Å². The number of anilines is 1. The Bertz CT molecular complexity index is 657. The summed E-state index contributed by atoms with van der Waals surface area (Å²) < 4.78 is 0.896. The molecule has 0 aliphatic carbocycles. The number of aromatic nitrogens is 1. The molecular formula is C17H19BrN2O. The van der Waals surface area contributed by atoms with Crippen molar-refractivity contribution >= 4 is 27.7 Å². The molecule has 0 bridgehead atoms. The topological polar surface area (TPSA) is 42.0 Å². The third-order valence-electron chi connectivity index (χ3n) is 3.29. The Kier molecular flexibility index (Phi) is 4.47. The molecule has 1 aromatic heterocycles. The van der Waals surface area contributed by atoms with E-state index < -0.39 is 0 Å². The first-order chi connectivity index (χ1) is 9.77. The number of aryl methyl sites for hydroxylation is 1. The maximum atomic E-state index is 12.2. The molecule has 0 radical (unpaired) electrons. The van der Waals surface area contributed by atoms with Crippen molar-refractivity contribution in [3.63, 3.8) is 0 Å². The summed E-state index contributed by atoms with van der Waals surface area (Å²) in [6, 6.07) is 9.62. The van der Waals surface area contributed by atoms with Gasteiger partial charge in [-0.2, -0.15) is 0 Å². The van der Waals surface area contributed by atoms with Crippen molar-refractivity contribution in [3.05, 3.63) is 57.7 Å². The Morgan fingerprint density at radius 2 is 1.81 bits per heavy atom. The second kappa shape index (κ2) is 5.98. The highest BCUT2D eigenvalue weighted by Crippen LogP contribution is 2.23. The summed E-state index contributed by atoms with van der Waals surface area (Å²) in [5, 5.41) is 2.84. The number of rotatable bonds is 2. The first kappa shape index (κ1) is 15.7. The van der Waals surface area contributed by atoms with Gasteiger partial charge in [-0.3, -0.25) is 4.79 Å². The summed E-state index contributed by atoms with van der Waals surface area (Å²) in [6.45, 7) is 8.36. The second-order valence-electron chi connectivity index (χ2n) is 6.10. The monoisotopic (exact) mass is 346 g/mol. The van der Waals surface area contributed by atoms with Crippen molar-refractivity contribution in [1.29, 1.82) is 0 Å². The van der Waals surface area contributed by atoms with Crippen LogP contribution in [0.15, 0.2) is 41.0 Å². The van der Waals surface area contributed by atoms with Gasteiger partial charge in [-0.05, 0) is 57.6 Å². The first-order valence-electron chi connectivity index (χ1n) is 6.81. The van der Waals surface area contributed by atoms with Gasteiger partial charge in [0.2, 0.25) is 0 Å². The maximum absolute atomic E-state index is 12.2. The molecule has 0 saturated heterocycles. The van der Waals surface area contributed by atoms with Crippen LogP contribution in [-0.2, 0) is 5.41 Å². The van der Waals surface area contributed by atoms with Crippen LogP contribution < -0.4 is 5.32 Å². The molecule has 110 valence electrons. The van der Waals surface area contributed by atoms with Gasteiger partial charge >= 0.3 is 0 Å². The van der Waals surface area contributed by atoms with Gasteiger partial charge in [-0.1, -0.05) is 32.9 Å². The number of benzene rings is 1. The van der Waals surface area contributed by atoms with E-state index >= 15 is 0 Å². The van der Waals surface area contributed by atoms with Gasteiger partial charge in [-0.25, -0.2) is 4.98 Å². The van der Waals surface area contributed by atoms with E-state index in [0.717, 1.165) is 10.0 Å². The van der Waals surface area contributed by atoms with Crippen molar-refractivity contribution in [1.82, 2.24) is 4.98 Å². The molecule has 0 saturated carbocycles. The molecule has 0 fully saturated rings. The van der Waals surface area contributed by atoms with Crippen LogP contribution in [0.4, 0.5) is 5.82 Å². The van der Waals surface area contributed by atoms with Gasteiger partial charge < -0.3 is 5.32 Å². The summed E-state index contributed by atoms with van der Waals surface area (Å²) >= 11 is 3.36. The molecule has 2 aromatic rings. The van der Waals surface area contributed by atoms with E-state index in [-0.39, 0.29) is 11.3 Å². The number of pyridine rings is 1. The van der Waals surface area contributed by atoms with Gasteiger partial charge in [0.1, 0.15) is 5.82 Å². The predicted octanol–water partition coefficient (Wildman–Crippen LogP) is 4.70. The Labute approximate surface area is 133 Å². The Morgan fingerprint density at radius 3 is 2.33 bits per heavy atom. The lowest BCUT2D eigenvalue weighted by molar-refractivity contribution is 0.102. The normalized spacial score (nSPS) is 11.3. The molecule has 2 rings (SSSR count). The molecule has 0 atom stereocenters. The maximum Gasteiger partial charge on any atom is 0.256 e. The van der Waals surface area contributed by atoms with Gasteiger partial charge in [-0.15, -0.1) is 0 Å². The zero-order valence-corrected chi connectivity index (χ0v) is 14.3. The van der Waals surface area contributed by atoms with E-state index in [1.165, 1.54) is 5.56 Å². The average molecular weight is 347 g/mol. The highest BCUT2D eigenvalue weighted by molar-refractivity contribution is 9.10. The average Bonchev–Trinajstić information content (AvgIpc) is 2.41. The fourth-order valence-electron chi connectivity index (χ4n) is 1.97. The summed E-state index contributed by atoms with van der Waals surface area (Å²) in [4.78, 5) is 16.5. The van der Waals surface area contributed by atoms with E-state index in [2.05, 4.69) is 47.0 Å². The van der Waals surface area contributed by atoms with Crippen molar-refractivity contribution < 1.29 is 4.79 Å². The minimum atomic E-state index is -0.145. The molecule has 21 heavy (non-hydrogen) atoms. The molecule has 1 amide bonds. The molecule has 4 heteroatoms. The predicted molar refractivity (Wildman–Crippen MR) is 89.8 cm³/mol. The fraction of sp³-hybridized carbons (Fsp3) is 0.294. The van der Waals surface area contributed by atoms with Crippen LogP contribution in [0.2, 0.25) is 0 Å². The van der Waals surface area contributed by atoms with E-state index in [1.54, 1.807) is 6.20 Å². The van der Waals surface area contributed by atoms with Crippen LogP contribution >= 0.6 is 15.9 Å². The standard InChI is InChI=1S/C17H19BrN2O/c1-11-9-14(18)10-19-15(11)20-16(21)12-5-7-13(8-6-12)17(2,3)4/h5-10H,1-4H3,(H,19,20,21). The molecule has 0 aliphatic rings. The van der Waals surface area contributed by atoms with E-state index in [1.807, 2.05) is 37.3 Å². The van der Waals surface area contributed by atoms with Gasteiger partial charge in [0, 0.05) is 16.2 Å². The van der Waals surface area contributed by atoms with Crippen molar-refractivity contribution in [2.75, 3.05) is 5.32 Å². The lowest BCUT2D eigenvalue weighted by Gasteiger charge is -2.19. The number of nitrogens with one attached hydrogen (secondary N) is 1. The van der Waals surface area contributed by atoms with Crippen LogP contribution in [0.3, 0.4) is 0 Å². The molecule has 0 unspecified atom stereocenters. The summed E-state index contributed by atoms with van der Waals surface area (Å²) in [5.74, 6) is 0.441. The zero-order chi connectivity index (χ0) is 15.6. The molecule has 0 aliphatic heterocycles. The molecule has 3 nitrogen and oxygen atoms in total. The third kappa shape index (κ3) is 3.91. The van der Waals surface area contributed by atoms with Crippen molar-refractivity contribution in [2.45, 2.75) is 33.1 Å². The number of halogens is 1. The Hall–Kier alpha value is -1.68. The highest BCUT2D eigenvalue weighted by atomic mass is 79.9. The largest absolute Gasteiger partial charge is 0.306 e. The van der Waals surface area contributed by atoms with Gasteiger partial charge in [0.15, 0.2) is 0 Å². The summed E-state index contributed by atoms with van der Waals surface area (Å²) in [6.07, 6.45) is 1.67. The number of hydrogen-bond donors (Lipinski definition) is 1. The third-order valence-corrected chi connectivity index (χ3v) is 3.72. The van der Waals surface area contributed by atoms with Gasteiger partial charge in [0.25, 0.3) is 5.91 Å². The summed E-state index contributed by atoms with van der Waals surface area (Å²) in [5.41, 5.74) is 2.84. The highest BCUT2D eigenvalue weighted by Gasteiger charge is 2.14. The lowest BCUT2D eigenvalue weighted by atomic mass is 9.87. The number of carbonyl (C=O) groups excluding carboxylic acids is 1. The number of carbonyl (C=O) groups is 1. The smallest absolute Gasteiger partial charge is 0.256 e. The molecule has 0 spiro atoms. The number of amides is 1. The van der Waals surface area contributed by atoms with E-state index in [9.17, 15) is 4.79 Å². The zero-order valence-electron chi connectivity index (χ0n) is 12.7. The van der Waals surface area contributed by atoms with Crippen LogP contribution in [0.25, 0.3) is 0 Å². The number of hydrogen-bond acceptors (Lipinski definition) is 2. The number of nitrogens with zero attached hydrogens (tertiary/aromatic N) is 1. The van der Waals surface area contributed by atoms with Crippen LogP contribution in [0.1, 0.15) is 42.3 Å². The summed E-state index contributed by atoms with van der Waals surface area (Å²) in [7, 11) is 0. The van der Waals surface area contributed by atoms with Crippen LogP contribution in [0, 0.1) is 6.92 Å². The van der Waals surface area contributed by atoms with Crippen LogP contribution in [0.5, 0.6) is 0 Å². The minimum absolute atomic E-state index is 0.0822. The van der Waals surface area contributed by atoms with E-state index in [4.69, 9.17) is 0 Å².